The monoisotopic (exact) mass is 270 g/mol. The summed E-state index contributed by atoms with van der Waals surface area (Å²) in [7, 11) is 0. The van der Waals surface area contributed by atoms with E-state index in [-0.39, 0.29) is 12.5 Å². The van der Waals surface area contributed by atoms with E-state index < -0.39 is 0 Å². The summed E-state index contributed by atoms with van der Waals surface area (Å²) in [5.74, 6) is 0.463. The van der Waals surface area contributed by atoms with Crippen LogP contribution in [0.2, 0.25) is 0 Å². The molecule has 0 atom stereocenters. The van der Waals surface area contributed by atoms with Crippen molar-refractivity contribution in [3.05, 3.63) is 60.2 Å². The van der Waals surface area contributed by atoms with Crippen LogP contribution in [0.15, 0.2) is 54.6 Å². The molecule has 0 aliphatic rings. The summed E-state index contributed by atoms with van der Waals surface area (Å²) in [5, 5.41) is 0. The number of hydrogen-bond acceptors (Lipinski definition) is 3. The smallest absolute Gasteiger partial charge is 0.276 e. The van der Waals surface area contributed by atoms with Crippen LogP contribution in [-0.2, 0) is 11.2 Å². The Balaban J connectivity index is 1.74. The maximum atomic E-state index is 11.6. The summed E-state index contributed by atoms with van der Waals surface area (Å²) in [5.41, 5.74) is 7.47. The minimum atomic E-state index is -0.228. The number of carbonyl (C=O) groups is 1. The van der Waals surface area contributed by atoms with Crippen molar-refractivity contribution >= 4 is 11.6 Å². The van der Waals surface area contributed by atoms with Gasteiger partial charge >= 0.3 is 0 Å². The molecule has 2 aromatic rings. The van der Waals surface area contributed by atoms with Crippen molar-refractivity contribution in [1.29, 1.82) is 0 Å². The van der Waals surface area contributed by atoms with Crippen molar-refractivity contribution in [2.24, 2.45) is 0 Å². The Hall–Kier alpha value is -2.49. The Morgan fingerprint density at radius 1 is 1.05 bits per heavy atom. The highest BCUT2D eigenvalue weighted by Crippen LogP contribution is 2.12. The van der Waals surface area contributed by atoms with Gasteiger partial charge in [0.25, 0.3) is 5.91 Å². The van der Waals surface area contributed by atoms with E-state index in [1.807, 2.05) is 54.6 Å². The van der Waals surface area contributed by atoms with E-state index in [9.17, 15) is 4.79 Å². The summed E-state index contributed by atoms with van der Waals surface area (Å²) in [6, 6.07) is 17.2. The van der Waals surface area contributed by atoms with E-state index in [0.29, 0.717) is 5.75 Å². The Labute approximate surface area is 118 Å². The molecular formula is C16H18N2O2. The van der Waals surface area contributed by atoms with Crippen LogP contribution in [0.25, 0.3) is 0 Å². The van der Waals surface area contributed by atoms with Crippen LogP contribution < -0.4 is 15.6 Å². The summed E-state index contributed by atoms with van der Waals surface area (Å²) in [4.78, 5) is 11.6. The summed E-state index contributed by atoms with van der Waals surface area (Å²) in [6.07, 6.45) is 0.988. The molecule has 20 heavy (non-hydrogen) atoms. The minimum Gasteiger partial charge on any atom is -0.484 e. The van der Waals surface area contributed by atoms with Gasteiger partial charge in [0.15, 0.2) is 6.61 Å². The van der Waals surface area contributed by atoms with Gasteiger partial charge in [0.05, 0.1) is 5.69 Å². The zero-order valence-corrected chi connectivity index (χ0v) is 11.4. The summed E-state index contributed by atoms with van der Waals surface area (Å²) in [6.45, 7) is 2.07. The van der Waals surface area contributed by atoms with Crippen molar-refractivity contribution in [1.82, 2.24) is 5.43 Å². The molecule has 0 aliphatic carbocycles. The molecule has 4 heteroatoms. The molecule has 0 radical (unpaired) electrons. The van der Waals surface area contributed by atoms with Gasteiger partial charge in [-0.05, 0) is 36.2 Å². The quantitative estimate of drug-likeness (QED) is 0.794. The molecule has 0 saturated heterocycles. The predicted octanol–water partition coefficient (Wildman–Crippen LogP) is 2.77. The second-order valence-corrected chi connectivity index (χ2v) is 4.33. The van der Waals surface area contributed by atoms with Crippen LogP contribution in [0.1, 0.15) is 12.5 Å². The van der Waals surface area contributed by atoms with Crippen LogP contribution in [0, 0.1) is 0 Å². The van der Waals surface area contributed by atoms with Crippen LogP contribution in [0.4, 0.5) is 5.69 Å². The van der Waals surface area contributed by atoms with Crippen LogP contribution in [0.5, 0.6) is 5.75 Å². The molecule has 0 spiro atoms. The number of hydrazine groups is 1. The lowest BCUT2D eigenvalue weighted by molar-refractivity contribution is -0.122. The summed E-state index contributed by atoms with van der Waals surface area (Å²) < 4.78 is 5.40. The zero-order chi connectivity index (χ0) is 14.2. The molecular weight excluding hydrogens is 252 g/mol. The second kappa shape index (κ2) is 7.19. The van der Waals surface area contributed by atoms with Gasteiger partial charge < -0.3 is 4.74 Å². The molecule has 2 rings (SSSR count). The average Bonchev–Trinajstić information content (AvgIpc) is 2.52. The lowest BCUT2D eigenvalue weighted by Crippen LogP contribution is -2.33. The van der Waals surface area contributed by atoms with Gasteiger partial charge in [-0.15, -0.1) is 0 Å². The SMILES string of the molecule is CCc1ccc(OCC(=O)NNc2ccccc2)cc1. The van der Waals surface area contributed by atoms with E-state index in [1.165, 1.54) is 5.56 Å². The number of carbonyl (C=O) groups excluding carboxylic acids is 1. The lowest BCUT2D eigenvalue weighted by atomic mass is 10.2. The van der Waals surface area contributed by atoms with Crippen molar-refractivity contribution in [2.75, 3.05) is 12.0 Å². The molecule has 0 saturated carbocycles. The van der Waals surface area contributed by atoms with Crippen molar-refractivity contribution in [2.45, 2.75) is 13.3 Å². The van der Waals surface area contributed by atoms with Crippen molar-refractivity contribution in [3.63, 3.8) is 0 Å². The second-order valence-electron chi connectivity index (χ2n) is 4.33. The Morgan fingerprint density at radius 2 is 1.75 bits per heavy atom. The van der Waals surface area contributed by atoms with Crippen LogP contribution >= 0.6 is 0 Å². The first kappa shape index (κ1) is 13.9. The highest BCUT2D eigenvalue weighted by molar-refractivity contribution is 5.78. The number of benzene rings is 2. The largest absolute Gasteiger partial charge is 0.484 e. The molecule has 2 aromatic carbocycles. The van der Waals surface area contributed by atoms with Gasteiger partial charge in [0.1, 0.15) is 5.75 Å². The molecule has 1 amide bonds. The normalized spacial score (nSPS) is 9.85. The number of para-hydroxylation sites is 1. The number of rotatable bonds is 6. The number of amides is 1. The first-order valence-corrected chi connectivity index (χ1v) is 6.59. The third-order valence-corrected chi connectivity index (χ3v) is 2.82. The maximum Gasteiger partial charge on any atom is 0.276 e. The molecule has 104 valence electrons. The molecule has 0 bridgehead atoms. The molecule has 0 heterocycles. The lowest BCUT2D eigenvalue weighted by Gasteiger charge is -2.09. The Morgan fingerprint density at radius 3 is 2.40 bits per heavy atom. The molecule has 4 nitrogen and oxygen atoms in total. The predicted molar refractivity (Wildman–Crippen MR) is 79.5 cm³/mol. The number of aryl methyl sites for hydroxylation is 1. The summed E-state index contributed by atoms with van der Waals surface area (Å²) >= 11 is 0. The van der Waals surface area contributed by atoms with Gasteiger partial charge in [0, 0.05) is 0 Å². The topological polar surface area (TPSA) is 50.4 Å². The third-order valence-electron chi connectivity index (χ3n) is 2.82. The molecule has 0 unspecified atom stereocenters. The highest BCUT2D eigenvalue weighted by atomic mass is 16.5. The number of anilines is 1. The van der Waals surface area contributed by atoms with Crippen molar-refractivity contribution < 1.29 is 9.53 Å². The van der Waals surface area contributed by atoms with Crippen LogP contribution in [-0.4, -0.2) is 12.5 Å². The Kier molecular flexibility index (Phi) is 5.00. The van der Waals surface area contributed by atoms with Crippen LogP contribution in [0.3, 0.4) is 0 Å². The van der Waals surface area contributed by atoms with E-state index in [0.717, 1.165) is 12.1 Å². The first-order valence-electron chi connectivity index (χ1n) is 6.59. The van der Waals surface area contributed by atoms with Gasteiger partial charge in [0.2, 0.25) is 0 Å². The van der Waals surface area contributed by atoms with E-state index in [4.69, 9.17) is 4.74 Å². The molecule has 2 N–H and O–H groups in total. The molecule has 0 aliphatic heterocycles. The fraction of sp³-hybridized carbons (Fsp3) is 0.188. The third kappa shape index (κ3) is 4.31. The zero-order valence-electron chi connectivity index (χ0n) is 11.4. The number of nitrogens with one attached hydrogen (secondary N) is 2. The average molecular weight is 270 g/mol. The van der Waals surface area contributed by atoms with E-state index >= 15 is 0 Å². The van der Waals surface area contributed by atoms with E-state index in [2.05, 4.69) is 17.8 Å². The first-order chi connectivity index (χ1) is 9.78. The fourth-order valence-corrected chi connectivity index (χ4v) is 1.67. The van der Waals surface area contributed by atoms with Gasteiger partial charge in [-0.25, -0.2) is 0 Å². The Bertz CT molecular complexity index is 538. The fourth-order valence-electron chi connectivity index (χ4n) is 1.67. The van der Waals surface area contributed by atoms with Gasteiger partial charge in [-0.3, -0.25) is 15.6 Å². The van der Waals surface area contributed by atoms with Gasteiger partial charge in [-0.1, -0.05) is 37.3 Å². The highest BCUT2D eigenvalue weighted by Gasteiger charge is 2.02. The molecule has 0 aromatic heterocycles. The van der Waals surface area contributed by atoms with Crippen molar-refractivity contribution in [3.8, 4) is 5.75 Å². The standard InChI is InChI=1S/C16H18N2O2/c1-2-13-8-10-15(11-9-13)20-12-16(19)18-17-14-6-4-3-5-7-14/h3-11,17H,2,12H2,1H3,(H,18,19). The maximum absolute atomic E-state index is 11.6. The van der Waals surface area contributed by atoms with Gasteiger partial charge in [-0.2, -0.15) is 0 Å². The number of hydrogen-bond donors (Lipinski definition) is 2. The minimum absolute atomic E-state index is 0.0225. The van der Waals surface area contributed by atoms with E-state index in [1.54, 1.807) is 0 Å². The molecule has 0 fully saturated rings. The number of ether oxygens (including phenoxy) is 1.